The molecule has 1 aromatic carbocycles. The first-order valence-electron chi connectivity index (χ1n) is 12.7. The molecule has 0 saturated heterocycles. The molecule has 0 saturated carbocycles. The Hall–Kier alpha value is -3.30. The Morgan fingerprint density at radius 3 is 1.54 bits per heavy atom. The molecule has 5 aromatic heterocycles. The summed E-state index contributed by atoms with van der Waals surface area (Å²) in [6.07, 6.45) is 8.85. The Balaban J connectivity index is 1.44. The fraction of sp³-hybridized carbons (Fsp3) is 0.125. The molecule has 0 aliphatic heterocycles. The van der Waals surface area contributed by atoms with Gasteiger partial charge in [0.05, 0.1) is 11.4 Å². The summed E-state index contributed by atoms with van der Waals surface area (Å²) < 4.78 is 0. The molecule has 5 heteroatoms. The third-order valence-corrected chi connectivity index (χ3v) is 11.7. The molecule has 180 valence electrons. The monoisotopic (exact) mass is 532 g/mol. The molecule has 0 N–H and O–H groups in total. The number of thiophene rings is 2. The maximum absolute atomic E-state index is 5.08. The quantitative estimate of drug-likeness (QED) is 0.221. The van der Waals surface area contributed by atoms with E-state index in [1.54, 1.807) is 22.7 Å². The Morgan fingerprint density at radius 1 is 0.568 bits per heavy atom. The topological polar surface area (TPSA) is 25.8 Å². The minimum atomic E-state index is -0.740. The number of benzene rings is 1. The van der Waals surface area contributed by atoms with E-state index in [0.717, 1.165) is 24.2 Å². The van der Waals surface area contributed by atoms with Crippen molar-refractivity contribution in [3.63, 3.8) is 0 Å². The second-order valence-electron chi connectivity index (χ2n) is 9.35. The Bertz CT molecular complexity index is 1530. The average molecular weight is 533 g/mol. The number of hydrogen-bond donors (Lipinski definition) is 0. The lowest BCUT2D eigenvalue weighted by atomic mass is 9.90. The SMILES string of the molecule is c1ccc(-p2c(-c3ccc(-c4cccs4)cn3)c3c(c2-c2ccc(-c4cccs4)cn2)CCCC3)cc1. The van der Waals surface area contributed by atoms with Gasteiger partial charge in [-0.05, 0) is 89.3 Å². The maximum Gasteiger partial charge on any atom is 0.0748 e. The minimum Gasteiger partial charge on any atom is -0.255 e. The van der Waals surface area contributed by atoms with Crippen LogP contribution in [0.5, 0.6) is 0 Å². The van der Waals surface area contributed by atoms with Crippen LogP contribution in [0, 0.1) is 0 Å². The maximum atomic E-state index is 5.08. The summed E-state index contributed by atoms with van der Waals surface area (Å²) in [5, 5.41) is 8.51. The molecule has 2 nitrogen and oxygen atoms in total. The van der Waals surface area contributed by atoms with Crippen molar-refractivity contribution >= 4 is 30.2 Å². The fourth-order valence-corrected chi connectivity index (χ4v) is 9.83. The average Bonchev–Trinajstić information content (AvgIpc) is 3.75. The summed E-state index contributed by atoms with van der Waals surface area (Å²) in [5.74, 6) is 0. The molecule has 6 aromatic rings. The van der Waals surface area contributed by atoms with E-state index in [0.29, 0.717) is 0 Å². The molecule has 0 amide bonds. The van der Waals surface area contributed by atoms with Crippen LogP contribution >= 0.6 is 30.2 Å². The van der Waals surface area contributed by atoms with E-state index in [4.69, 9.17) is 9.97 Å². The summed E-state index contributed by atoms with van der Waals surface area (Å²) in [5.41, 5.74) is 7.67. The van der Waals surface area contributed by atoms with E-state index in [-0.39, 0.29) is 0 Å². The van der Waals surface area contributed by atoms with Crippen molar-refractivity contribution in [1.29, 1.82) is 0 Å². The van der Waals surface area contributed by atoms with Gasteiger partial charge >= 0.3 is 0 Å². The van der Waals surface area contributed by atoms with E-state index in [9.17, 15) is 0 Å². The van der Waals surface area contributed by atoms with Crippen LogP contribution in [0.15, 0.2) is 102 Å². The normalized spacial score (nSPS) is 13.0. The highest BCUT2D eigenvalue weighted by Crippen LogP contribution is 2.61. The molecule has 1 aliphatic rings. The van der Waals surface area contributed by atoms with E-state index in [1.807, 2.05) is 0 Å². The van der Waals surface area contributed by atoms with Gasteiger partial charge in [0.25, 0.3) is 0 Å². The van der Waals surface area contributed by atoms with Gasteiger partial charge in [0.1, 0.15) is 0 Å². The van der Waals surface area contributed by atoms with E-state index in [1.165, 1.54) is 60.7 Å². The zero-order valence-corrected chi connectivity index (χ0v) is 22.8. The second kappa shape index (κ2) is 9.87. The molecular formula is C32H25N2PS2. The van der Waals surface area contributed by atoms with Crippen LogP contribution in [-0.2, 0) is 12.8 Å². The van der Waals surface area contributed by atoms with Crippen LogP contribution in [0.2, 0.25) is 0 Å². The highest BCUT2D eigenvalue weighted by molar-refractivity contribution is 7.63. The van der Waals surface area contributed by atoms with Crippen LogP contribution in [0.3, 0.4) is 0 Å². The lowest BCUT2D eigenvalue weighted by molar-refractivity contribution is 0.691. The molecule has 0 atom stereocenters. The van der Waals surface area contributed by atoms with Crippen molar-refractivity contribution in [3.05, 3.63) is 113 Å². The molecule has 1 aliphatic carbocycles. The summed E-state index contributed by atoms with van der Waals surface area (Å²) in [4.78, 5) is 12.7. The lowest BCUT2D eigenvalue weighted by Crippen LogP contribution is -2.02. The van der Waals surface area contributed by atoms with Gasteiger partial charge in [-0.25, -0.2) is 0 Å². The van der Waals surface area contributed by atoms with Crippen LogP contribution in [-0.4, -0.2) is 9.97 Å². The predicted octanol–water partition coefficient (Wildman–Crippen LogP) is 10.1. The van der Waals surface area contributed by atoms with Crippen molar-refractivity contribution in [3.8, 4) is 48.2 Å². The van der Waals surface area contributed by atoms with Crippen LogP contribution < -0.4 is 0 Å². The third-order valence-electron chi connectivity index (χ3n) is 7.12. The zero-order chi connectivity index (χ0) is 24.6. The van der Waals surface area contributed by atoms with Crippen molar-refractivity contribution in [2.24, 2.45) is 0 Å². The Labute approximate surface area is 226 Å². The van der Waals surface area contributed by atoms with Gasteiger partial charge in [-0.2, -0.15) is 0 Å². The van der Waals surface area contributed by atoms with Crippen molar-refractivity contribution < 1.29 is 0 Å². The summed E-state index contributed by atoms with van der Waals surface area (Å²) >= 11 is 3.53. The van der Waals surface area contributed by atoms with Gasteiger partial charge in [0.15, 0.2) is 0 Å². The van der Waals surface area contributed by atoms with Gasteiger partial charge in [-0.15, -0.1) is 22.7 Å². The first kappa shape index (κ1) is 22.9. The molecule has 0 bridgehead atoms. The van der Waals surface area contributed by atoms with E-state index >= 15 is 0 Å². The predicted molar refractivity (Wildman–Crippen MR) is 160 cm³/mol. The lowest BCUT2D eigenvalue weighted by Gasteiger charge is -2.15. The standard InChI is InChI=1S/C32H25N2PS2/c1-2-8-24(9-3-1)35-31(27-16-14-22(20-33-27)29-12-6-18-36-29)25-10-4-5-11-26(25)32(35)28-17-15-23(21-34-28)30-13-7-19-37-30/h1-3,6-9,12-21H,4-5,10-11H2. The number of fused-ring (bicyclic) bond motifs is 1. The van der Waals surface area contributed by atoms with Crippen molar-refractivity contribution in [2.45, 2.75) is 25.7 Å². The number of aromatic nitrogens is 2. The number of pyridine rings is 2. The minimum absolute atomic E-state index is 0.740. The van der Waals surface area contributed by atoms with Gasteiger partial charge in [0.2, 0.25) is 0 Å². The van der Waals surface area contributed by atoms with Crippen LogP contribution in [0.25, 0.3) is 48.2 Å². The first-order valence-corrected chi connectivity index (χ1v) is 15.8. The second-order valence-corrected chi connectivity index (χ2v) is 13.3. The molecule has 0 fully saturated rings. The summed E-state index contributed by atoms with van der Waals surface area (Å²) in [7, 11) is -0.740. The molecule has 0 radical (unpaired) electrons. The molecule has 0 spiro atoms. The number of nitrogens with zero attached hydrogens (tertiary/aromatic N) is 2. The van der Waals surface area contributed by atoms with Gasteiger partial charge < -0.3 is 0 Å². The molecular weight excluding hydrogens is 507 g/mol. The summed E-state index contributed by atoms with van der Waals surface area (Å²) in [6.45, 7) is 0. The van der Waals surface area contributed by atoms with Gasteiger partial charge in [-0.1, -0.05) is 50.0 Å². The molecule has 7 rings (SSSR count). The van der Waals surface area contributed by atoms with E-state index in [2.05, 4.69) is 102 Å². The largest absolute Gasteiger partial charge is 0.255 e. The van der Waals surface area contributed by atoms with Crippen LogP contribution in [0.1, 0.15) is 24.0 Å². The molecule has 37 heavy (non-hydrogen) atoms. The first-order chi connectivity index (χ1) is 18.4. The third kappa shape index (κ3) is 4.20. The van der Waals surface area contributed by atoms with E-state index < -0.39 is 7.53 Å². The Morgan fingerprint density at radius 2 is 1.11 bits per heavy atom. The highest BCUT2D eigenvalue weighted by atomic mass is 32.1. The van der Waals surface area contributed by atoms with Gasteiger partial charge in [0, 0.05) is 43.9 Å². The zero-order valence-electron chi connectivity index (χ0n) is 20.3. The number of rotatable bonds is 5. The Kier molecular flexibility index (Phi) is 6.10. The van der Waals surface area contributed by atoms with Crippen LogP contribution in [0.4, 0.5) is 0 Å². The van der Waals surface area contributed by atoms with Crippen molar-refractivity contribution in [2.75, 3.05) is 0 Å². The highest BCUT2D eigenvalue weighted by Gasteiger charge is 2.29. The van der Waals surface area contributed by atoms with Crippen molar-refractivity contribution in [1.82, 2.24) is 9.97 Å². The van der Waals surface area contributed by atoms with Gasteiger partial charge in [-0.3, -0.25) is 9.97 Å². The smallest absolute Gasteiger partial charge is 0.0748 e. The molecule has 0 unspecified atom stereocenters. The fourth-order valence-electron chi connectivity index (χ4n) is 5.43. The number of hydrogen-bond acceptors (Lipinski definition) is 4. The molecule has 5 heterocycles. The summed E-state index contributed by atoms with van der Waals surface area (Å²) in [6, 6.07) is 28.6.